The van der Waals surface area contributed by atoms with Crippen molar-refractivity contribution in [2.24, 2.45) is 0 Å². The monoisotopic (exact) mass is 264 g/mol. The molecule has 2 fully saturated rings. The lowest BCUT2D eigenvalue weighted by atomic mass is 9.76. The number of hydrogen-bond donors (Lipinski definition) is 1. The van der Waals surface area contributed by atoms with Crippen LogP contribution >= 0.6 is 11.6 Å². The molecule has 1 aromatic rings. The van der Waals surface area contributed by atoms with Crippen molar-refractivity contribution in [3.05, 3.63) is 34.9 Å². The molecule has 1 saturated heterocycles. The zero-order chi connectivity index (χ0) is 12.4. The summed E-state index contributed by atoms with van der Waals surface area (Å²) in [6, 6.07) is 9.00. The molecule has 0 spiro atoms. The van der Waals surface area contributed by atoms with Gasteiger partial charge in [-0.1, -0.05) is 30.2 Å². The molecule has 2 nitrogen and oxygen atoms in total. The van der Waals surface area contributed by atoms with Crippen molar-refractivity contribution in [3.8, 4) is 0 Å². The lowest BCUT2D eigenvalue weighted by Crippen LogP contribution is -2.51. The Morgan fingerprint density at radius 1 is 1.11 bits per heavy atom. The quantitative estimate of drug-likeness (QED) is 0.898. The number of nitrogens with zero attached hydrogens (tertiary/aromatic N) is 1. The molecule has 18 heavy (non-hydrogen) atoms. The maximum atomic E-state index is 6.04. The maximum Gasteiger partial charge on any atom is 0.0408 e. The van der Waals surface area contributed by atoms with Crippen molar-refractivity contribution < 1.29 is 0 Å². The molecule has 98 valence electrons. The molecule has 3 rings (SSSR count). The summed E-state index contributed by atoms with van der Waals surface area (Å²) in [5, 5.41) is 3.28. The van der Waals surface area contributed by atoms with E-state index in [1.54, 1.807) is 0 Å². The van der Waals surface area contributed by atoms with Crippen molar-refractivity contribution >= 4 is 11.6 Å². The summed E-state index contributed by atoms with van der Waals surface area (Å²) in [7, 11) is 0. The van der Waals surface area contributed by atoms with Crippen molar-refractivity contribution in [1.29, 1.82) is 0 Å². The fourth-order valence-electron chi connectivity index (χ4n) is 3.04. The predicted molar refractivity (Wildman–Crippen MR) is 75.8 cm³/mol. The van der Waals surface area contributed by atoms with E-state index in [9.17, 15) is 0 Å². The first-order chi connectivity index (χ1) is 8.81. The molecule has 2 aliphatic rings. The largest absolute Gasteiger partial charge is 0.252 e. The van der Waals surface area contributed by atoms with Gasteiger partial charge in [-0.3, -0.25) is 5.43 Å². The Labute approximate surface area is 114 Å². The Morgan fingerprint density at radius 3 is 2.61 bits per heavy atom. The van der Waals surface area contributed by atoms with Gasteiger partial charge in [0.05, 0.1) is 0 Å². The Bertz CT molecular complexity index is 395. The zero-order valence-electron chi connectivity index (χ0n) is 10.7. The fourth-order valence-corrected chi connectivity index (χ4v) is 3.24. The molecule has 3 heteroatoms. The highest BCUT2D eigenvalue weighted by atomic mass is 35.5. The molecular formula is C15H21ClN2. The molecule has 0 aromatic heterocycles. The van der Waals surface area contributed by atoms with E-state index in [0.717, 1.165) is 5.02 Å². The summed E-state index contributed by atoms with van der Waals surface area (Å²) in [5.41, 5.74) is 5.07. The van der Waals surface area contributed by atoms with E-state index >= 15 is 0 Å². The van der Waals surface area contributed by atoms with E-state index < -0.39 is 0 Å². The predicted octanol–water partition coefficient (Wildman–Crippen LogP) is 3.58. The number of piperidine rings is 1. The highest BCUT2D eigenvalue weighted by Crippen LogP contribution is 2.37. The number of hydrogen-bond acceptors (Lipinski definition) is 2. The standard InChI is InChI=1S/C15H21ClN2/c16-14-6-4-5-12(9-14)13-10-15(11-13)17-18-7-2-1-3-8-18/h4-6,9,13,15,17H,1-3,7-8,10-11H2. The van der Waals surface area contributed by atoms with Gasteiger partial charge in [-0.05, 0) is 49.3 Å². The maximum absolute atomic E-state index is 6.04. The first-order valence-corrected chi connectivity index (χ1v) is 7.45. The van der Waals surface area contributed by atoms with Gasteiger partial charge >= 0.3 is 0 Å². The minimum absolute atomic E-state index is 0.673. The molecule has 0 atom stereocenters. The van der Waals surface area contributed by atoms with E-state index in [-0.39, 0.29) is 0 Å². The summed E-state index contributed by atoms with van der Waals surface area (Å²) < 4.78 is 0. The second-order valence-electron chi connectivity index (χ2n) is 5.60. The van der Waals surface area contributed by atoms with E-state index in [0.29, 0.717) is 12.0 Å². The van der Waals surface area contributed by atoms with Gasteiger partial charge in [0.15, 0.2) is 0 Å². The van der Waals surface area contributed by atoms with Gasteiger partial charge in [0, 0.05) is 24.2 Å². The summed E-state index contributed by atoms with van der Waals surface area (Å²) in [5.74, 6) is 0.700. The van der Waals surface area contributed by atoms with Crippen LogP contribution in [0.25, 0.3) is 0 Å². The average Bonchev–Trinajstić information content (AvgIpc) is 2.34. The van der Waals surface area contributed by atoms with Crippen LogP contribution in [0, 0.1) is 0 Å². The van der Waals surface area contributed by atoms with Gasteiger partial charge in [0.2, 0.25) is 0 Å². The molecule has 1 saturated carbocycles. The number of halogens is 1. The molecule has 1 N–H and O–H groups in total. The Kier molecular flexibility index (Phi) is 3.88. The second-order valence-corrected chi connectivity index (χ2v) is 6.03. The van der Waals surface area contributed by atoms with E-state index in [4.69, 9.17) is 11.6 Å². The summed E-state index contributed by atoms with van der Waals surface area (Å²) in [6.45, 7) is 2.44. The lowest BCUT2D eigenvalue weighted by Gasteiger charge is -2.41. The topological polar surface area (TPSA) is 15.3 Å². The molecule has 1 heterocycles. The fraction of sp³-hybridized carbons (Fsp3) is 0.600. The Hall–Kier alpha value is -0.570. The molecule has 1 aliphatic carbocycles. The molecule has 0 radical (unpaired) electrons. The lowest BCUT2D eigenvalue weighted by molar-refractivity contribution is 0.0918. The third-order valence-electron chi connectivity index (χ3n) is 4.18. The van der Waals surface area contributed by atoms with Crippen LogP contribution in [0.4, 0.5) is 0 Å². The van der Waals surface area contributed by atoms with Crippen LogP contribution in [0.3, 0.4) is 0 Å². The molecular weight excluding hydrogens is 244 g/mol. The van der Waals surface area contributed by atoms with Crippen molar-refractivity contribution in [2.75, 3.05) is 13.1 Å². The third-order valence-corrected chi connectivity index (χ3v) is 4.41. The number of hydrazine groups is 1. The van der Waals surface area contributed by atoms with Gasteiger partial charge < -0.3 is 0 Å². The first-order valence-electron chi connectivity index (χ1n) is 7.08. The molecule has 1 aromatic carbocycles. The second kappa shape index (κ2) is 5.60. The normalized spacial score (nSPS) is 28.9. The first kappa shape index (κ1) is 12.5. The van der Waals surface area contributed by atoms with Gasteiger partial charge in [-0.25, -0.2) is 5.01 Å². The minimum Gasteiger partial charge on any atom is -0.252 e. The van der Waals surface area contributed by atoms with Crippen LogP contribution < -0.4 is 5.43 Å². The summed E-state index contributed by atoms with van der Waals surface area (Å²) in [4.78, 5) is 0. The molecule has 0 bridgehead atoms. The number of benzene rings is 1. The number of rotatable bonds is 3. The molecule has 1 aliphatic heterocycles. The highest BCUT2D eigenvalue weighted by Gasteiger charge is 2.31. The van der Waals surface area contributed by atoms with E-state index in [2.05, 4.69) is 28.6 Å². The van der Waals surface area contributed by atoms with Gasteiger partial charge in [-0.15, -0.1) is 0 Å². The third kappa shape index (κ3) is 2.87. The zero-order valence-corrected chi connectivity index (χ0v) is 11.5. The summed E-state index contributed by atoms with van der Waals surface area (Å²) in [6.07, 6.45) is 6.58. The Morgan fingerprint density at radius 2 is 1.89 bits per heavy atom. The van der Waals surface area contributed by atoms with Crippen molar-refractivity contribution in [1.82, 2.24) is 10.4 Å². The molecule has 0 unspecified atom stereocenters. The van der Waals surface area contributed by atoms with Crippen LogP contribution in [-0.2, 0) is 0 Å². The Balaban J connectivity index is 1.48. The molecule has 0 amide bonds. The van der Waals surface area contributed by atoms with Crippen LogP contribution in [0.2, 0.25) is 5.02 Å². The highest BCUT2D eigenvalue weighted by molar-refractivity contribution is 6.30. The van der Waals surface area contributed by atoms with Crippen molar-refractivity contribution in [2.45, 2.75) is 44.1 Å². The minimum atomic E-state index is 0.673. The van der Waals surface area contributed by atoms with Crippen LogP contribution in [0.1, 0.15) is 43.6 Å². The van der Waals surface area contributed by atoms with Crippen LogP contribution in [-0.4, -0.2) is 24.1 Å². The average molecular weight is 265 g/mol. The smallest absolute Gasteiger partial charge is 0.0408 e. The van der Waals surface area contributed by atoms with Crippen LogP contribution in [0.5, 0.6) is 0 Å². The van der Waals surface area contributed by atoms with E-state index in [1.807, 2.05) is 6.07 Å². The van der Waals surface area contributed by atoms with Gasteiger partial charge in [0.25, 0.3) is 0 Å². The number of nitrogens with one attached hydrogen (secondary N) is 1. The van der Waals surface area contributed by atoms with Crippen molar-refractivity contribution in [3.63, 3.8) is 0 Å². The SMILES string of the molecule is Clc1cccc(C2CC(NN3CCCCC3)C2)c1. The van der Waals surface area contributed by atoms with Gasteiger partial charge in [-0.2, -0.15) is 0 Å². The summed E-state index contributed by atoms with van der Waals surface area (Å²) >= 11 is 6.04. The van der Waals surface area contributed by atoms with Crippen LogP contribution in [0.15, 0.2) is 24.3 Å². The van der Waals surface area contributed by atoms with Gasteiger partial charge in [0.1, 0.15) is 0 Å². The van der Waals surface area contributed by atoms with E-state index in [1.165, 1.54) is 50.8 Å².